The van der Waals surface area contributed by atoms with Gasteiger partial charge in [-0.3, -0.25) is 0 Å². The molecular weight excluding hydrogens is 342 g/mol. The summed E-state index contributed by atoms with van der Waals surface area (Å²) in [7, 11) is 1.57. The first kappa shape index (κ1) is 18.9. The Hall–Kier alpha value is -2.40. The van der Waals surface area contributed by atoms with E-state index in [1.54, 1.807) is 31.4 Å². The van der Waals surface area contributed by atoms with Gasteiger partial charge in [-0.1, -0.05) is 17.7 Å². The van der Waals surface area contributed by atoms with Crippen molar-refractivity contribution in [3.8, 4) is 11.5 Å². The van der Waals surface area contributed by atoms with Gasteiger partial charge >= 0.3 is 5.97 Å². The second kappa shape index (κ2) is 8.12. The Bertz CT molecular complexity index is 774. The molecule has 0 heterocycles. The molecule has 2 aromatic carbocycles. The highest BCUT2D eigenvalue weighted by Crippen LogP contribution is 2.36. The first-order valence-electron chi connectivity index (χ1n) is 7.92. The molecule has 2 N–H and O–H groups in total. The molecule has 0 amide bonds. The van der Waals surface area contributed by atoms with E-state index in [0.717, 1.165) is 16.8 Å². The molecule has 0 aromatic heterocycles. The molecule has 0 fully saturated rings. The van der Waals surface area contributed by atoms with Crippen LogP contribution in [-0.4, -0.2) is 24.3 Å². The van der Waals surface area contributed by atoms with Gasteiger partial charge in [0.05, 0.1) is 18.8 Å². The van der Waals surface area contributed by atoms with Crippen molar-refractivity contribution in [2.24, 2.45) is 0 Å². The monoisotopic (exact) mass is 363 g/mol. The summed E-state index contributed by atoms with van der Waals surface area (Å²) in [5, 5.41) is 13.0. The molecular formula is C19H22ClNO4. The number of benzene rings is 2. The zero-order valence-electron chi connectivity index (χ0n) is 14.7. The standard InChI is InChI=1S/C19H22ClNO4/c1-11(2)25-18-14(7-15(20)9-17(18)24-4)10-21-16-8-13(19(22)23)6-5-12(16)3/h5-9,11,21H,10H2,1-4H3,(H,22,23). The lowest BCUT2D eigenvalue weighted by molar-refractivity contribution is 0.0697. The van der Waals surface area contributed by atoms with Crippen molar-refractivity contribution in [2.75, 3.05) is 12.4 Å². The van der Waals surface area contributed by atoms with Gasteiger partial charge in [-0.2, -0.15) is 0 Å². The zero-order chi connectivity index (χ0) is 18.6. The van der Waals surface area contributed by atoms with Gasteiger partial charge in [0, 0.05) is 28.9 Å². The Morgan fingerprint density at radius 2 is 2.00 bits per heavy atom. The zero-order valence-corrected chi connectivity index (χ0v) is 15.5. The third kappa shape index (κ3) is 4.79. The number of hydrogen-bond donors (Lipinski definition) is 2. The topological polar surface area (TPSA) is 67.8 Å². The lowest BCUT2D eigenvalue weighted by atomic mass is 10.1. The van der Waals surface area contributed by atoms with Gasteiger partial charge in [0.25, 0.3) is 0 Å². The third-order valence-corrected chi connectivity index (χ3v) is 3.84. The second-order valence-electron chi connectivity index (χ2n) is 5.95. The number of aryl methyl sites for hydroxylation is 1. The van der Waals surface area contributed by atoms with Crippen LogP contribution in [0, 0.1) is 6.92 Å². The van der Waals surface area contributed by atoms with Crippen LogP contribution in [-0.2, 0) is 6.54 Å². The quantitative estimate of drug-likeness (QED) is 0.742. The van der Waals surface area contributed by atoms with Crippen molar-refractivity contribution < 1.29 is 19.4 Å². The van der Waals surface area contributed by atoms with Crippen LogP contribution in [0.25, 0.3) is 0 Å². The molecule has 134 valence electrons. The summed E-state index contributed by atoms with van der Waals surface area (Å²) in [6.45, 7) is 6.21. The molecule has 0 radical (unpaired) electrons. The van der Waals surface area contributed by atoms with Crippen LogP contribution in [0.4, 0.5) is 5.69 Å². The Morgan fingerprint density at radius 3 is 2.60 bits per heavy atom. The fraction of sp³-hybridized carbons (Fsp3) is 0.316. The van der Waals surface area contributed by atoms with E-state index in [2.05, 4.69) is 5.32 Å². The van der Waals surface area contributed by atoms with E-state index in [9.17, 15) is 4.79 Å². The maximum absolute atomic E-state index is 11.2. The van der Waals surface area contributed by atoms with E-state index in [-0.39, 0.29) is 11.7 Å². The summed E-state index contributed by atoms with van der Waals surface area (Å²) in [5.74, 6) is 0.228. The lowest BCUT2D eigenvalue weighted by Gasteiger charge is -2.19. The van der Waals surface area contributed by atoms with Gasteiger partial charge in [0.15, 0.2) is 11.5 Å². The number of carboxylic acid groups (broad SMARTS) is 1. The Labute approximate surface area is 152 Å². The van der Waals surface area contributed by atoms with E-state index in [1.165, 1.54) is 0 Å². The molecule has 0 spiro atoms. The lowest BCUT2D eigenvalue weighted by Crippen LogP contribution is -2.11. The minimum absolute atomic E-state index is 0.0223. The average molecular weight is 364 g/mol. The van der Waals surface area contributed by atoms with Crippen LogP contribution in [0.5, 0.6) is 11.5 Å². The molecule has 5 nitrogen and oxygen atoms in total. The van der Waals surface area contributed by atoms with Crippen molar-refractivity contribution in [3.05, 3.63) is 52.0 Å². The molecule has 0 unspecified atom stereocenters. The molecule has 0 saturated heterocycles. The Morgan fingerprint density at radius 1 is 1.28 bits per heavy atom. The fourth-order valence-electron chi connectivity index (χ4n) is 2.41. The molecule has 0 aliphatic carbocycles. The van der Waals surface area contributed by atoms with E-state index in [0.29, 0.717) is 23.1 Å². The first-order valence-corrected chi connectivity index (χ1v) is 8.30. The van der Waals surface area contributed by atoms with Crippen LogP contribution >= 0.6 is 11.6 Å². The normalized spacial score (nSPS) is 10.6. The molecule has 0 atom stereocenters. The smallest absolute Gasteiger partial charge is 0.335 e. The SMILES string of the molecule is COc1cc(Cl)cc(CNc2cc(C(=O)O)ccc2C)c1OC(C)C. The van der Waals surface area contributed by atoms with Gasteiger partial charge in [-0.25, -0.2) is 4.79 Å². The van der Waals surface area contributed by atoms with Gasteiger partial charge in [0.2, 0.25) is 0 Å². The number of methoxy groups -OCH3 is 1. The minimum atomic E-state index is -0.962. The predicted octanol–water partition coefficient (Wildman–Crippen LogP) is 4.75. The van der Waals surface area contributed by atoms with Gasteiger partial charge < -0.3 is 19.9 Å². The second-order valence-corrected chi connectivity index (χ2v) is 6.39. The summed E-state index contributed by atoms with van der Waals surface area (Å²) >= 11 is 6.18. The number of anilines is 1. The number of hydrogen-bond acceptors (Lipinski definition) is 4. The van der Waals surface area contributed by atoms with Gasteiger partial charge in [-0.05, 0) is 44.5 Å². The van der Waals surface area contributed by atoms with Crippen LogP contribution in [0.15, 0.2) is 30.3 Å². The number of halogens is 1. The highest BCUT2D eigenvalue weighted by molar-refractivity contribution is 6.30. The van der Waals surface area contributed by atoms with E-state index >= 15 is 0 Å². The third-order valence-electron chi connectivity index (χ3n) is 3.62. The van der Waals surface area contributed by atoms with E-state index in [4.69, 9.17) is 26.2 Å². The van der Waals surface area contributed by atoms with Crippen LogP contribution in [0.3, 0.4) is 0 Å². The van der Waals surface area contributed by atoms with Crippen LogP contribution in [0.2, 0.25) is 5.02 Å². The summed E-state index contributed by atoms with van der Waals surface area (Å²) in [5.41, 5.74) is 2.76. The number of nitrogens with one attached hydrogen (secondary N) is 1. The van der Waals surface area contributed by atoms with Crippen molar-refractivity contribution >= 4 is 23.3 Å². The van der Waals surface area contributed by atoms with E-state index < -0.39 is 5.97 Å². The highest BCUT2D eigenvalue weighted by atomic mass is 35.5. The molecule has 2 aromatic rings. The molecule has 0 bridgehead atoms. The maximum Gasteiger partial charge on any atom is 0.335 e. The molecule has 2 rings (SSSR count). The number of carboxylic acids is 1. The number of ether oxygens (including phenoxy) is 2. The van der Waals surface area contributed by atoms with Crippen LogP contribution in [0.1, 0.15) is 35.3 Å². The van der Waals surface area contributed by atoms with Crippen molar-refractivity contribution in [1.29, 1.82) is 0 Å². The van der Waals surface area contributed by atoms with Gasteiger partial charge in [-0.15, -0.1) is 0 Å². The molecule has 25 heavy (non-hydrogen) atoms. The van der Waals surface area contributed by atoms with Crippen LogP contribution < -0.4 is 14.8 Å². The van der Waals surface area contributed by atoms with Crippen molar-refractivity contribution in [1.82, 2.24) is 0 Å². The van der Waals surface area contributed by atoms with Crippen molar-refractivity contribution in [2.45, 2.75) is 33.4 Å². The molecule has 6 heteroatoms. The van der Waals surface area contributed by atoms with Crippen molar-refractivity contribution in [3.63, 3.8) is 0 Å². The summed E-state index contributed by atoms with van der Waals surface area (Å²) < 4.78 is 11.3. The number of aromatic carboxylic acids is 1. The summed E-state index contributed by atoms with van der Waals surface area (Å²) in [6.07, 6.45) is -0.0223. The fourth-order valence-corrected chi connectivity index (χ4v) is 2.64. The number of carbonyl (C=O) groups is 1. The average Bonchev–Trinajstić information content (AvgIpc) is 2.55. The summed E-state index contributed by atoms with van der Waals surface area (Å²) in [4.78, 5) is 11.2. The Kier molecular flexibility index (Phi) is 6.15. The number of rotatable bonds is 7. The largest absolute Gasteiger partial charge is 0.493 e. The molecule has 0 aliphatic heterocycles. The van der Waals surface area contributed by atoms with Gasteiger partial charge in [0.1, 0.15) is 0 Å². The molecule has 0 saturated carbocycles. The highest BCUT2D eigenvalue weighted by Gasteiger charge is 2.15. The minimum Gasteiger partial charge on any atom is -0.493 e. The summed E-state index contributed by atoms with van der Waals surface area (Å²) in [6, 6.07) is 8.49. The molecule has 0 aliphatic rings. The predicted molar refractivity (Wildman–Crippen MR) is 99.2 cm³/mol. The first-order chi connectivity index (χ1) is 11.8. The maximum atomic E-state index is 11.2. The van der Waals surface area contributed by atoms with E-state index in [1.807, 2.05) is 26.8 Å². The Balaban J connectivity index is 2.32.